The smallest absolute Gasteiger partial charge is 0.149 e. The lowest BCUT2D eigenvalue weighted by molar-refractivity contribution is -0.120. The van der Waals surface area contributed by atoms with Gasteiger partial charge in [-0.05, 0) is 18.4 Å². The molecule has 1 heterocycles. The minimum Gasteiger partial charge on any atom is -0.301 e. The summed E-state index contributed by atoms with van der Waals surface area (Å²) in [6.45, 7) is 1.93. The second-order valence-corrected chi connectivity index (χ2v) is 4.08. The quantitative estimate of drug-likeness (QED) is 0.817. The average Bonchev–Trinajstić information content (AvgIpc) is 2.78. The van der Waals surface area contributed by atoms with Crippen LogP contribution in [0.15, 0.2) is 30.3 Å². The van der Waals surface area contributed by atoms with E-state index < -0.39 is 0 Å². The number of ketones is 1. The summed E-state index contributed by atoms with van der Waals surface area (Å²) in [6.07, 6.45) is 2.69. The predicted octanol–water partition coefficient (Wildman–Crippen LogP) is 2.46. The Morgan fingerprint density at radius 3 is 2.73 bits per heavy atom. The number of nitrogens with one attached hydrogen (secondary N) is 1. The van der Waals surface area contributed by atoms with E-state index in [1.807, 2.05) is 25.1 Å². The maximum Gasteiger partial charge on any atom is 0.149 e. The Morgan fingerprint density at radius 2 is 2.07 bits per heavy atom. The molecule has 1 aliphatic heterocycles. The van der Waals surface area contributed by atoms with Crippen molar-refractivity contribution >= 4 is 5.78 Å². The zero-order valence-electron chi connectivity index (χ0n) is 9.07. The van der Waals surface area contributed by atoms with Crippen LogP contribution in [0, 0.1) is 0 Å². The maximum absolute atomic E-state index is 11.5. The van der Waals surface area contributed by atoms with Gasteiger partial charge in [0.2, 0.25) is 0 Å². The molecular weight excluding hydrogens is 186 g/mol. The summed E-state index contributed by atoms with van der Waals surface area (Å²) in [6, 6.07) is 10.8. The lowest BCUT2D eigenvalue weighted by atomic mass is 10.1. The van der Waals surface area contributed by atoms with Crippen LogP contribution < -0.4 is 5.32 Å². The van der Waals surface area contributed by atoms with Gasteiger partial charge < -0.3 is 5.32 Å². The number of hydrogen-bond acceptors (Lipinski definition) is 2. The molecular formula is C13H17NO. The first-order chi connectivity index (χ1) is 7.31. The molecule has 1 fully saturated rings. The number of hydrogen-bond donors (Lipinski definition) is 1. The Bertz CT molecular complexity index is 334. The molecule has 1 aromatic carbocycles. The standard InChI is InChI=1S/C13H17NO/c1-2-13(15)12-9-8-11(14-12)10-6-4-3-5-7-10/h3-7,11-12,14H,2,8-9H2,1H3. The highest BCUT2D eigenvalue weighted by Crippen LogP contribution is 2.26. The highest BCUT2D eigenvalue weighted by Gasteiger charge is 2.28. The summed E-state index contributed by atoms with van der Waals surface area (Å²) >= 11 is 0. The Morgan fingerprint density at radius 1 is 1.33 bits per heavy atom. The van der Waals surface area contributed by atoms with E-state index in [0.29, 0.717) is 18.2 Å². The van der Waals surface area contributed by atoms with Gasteiger partial charge in [0.05, 0.1) is 6.04 Å². The van der Waals surface area contributed by atoms with Gasteiger partial charge in [0.1, 0.15) is 5.78 Å². The van der Waals surface area contributed by atoms with Gasteiger partial charge in [-0.15, -0.1) is 0 Å². The molecule has 2 rings (SSSR count). The molecule has 1 saturated heterocycles. The first kappa shape index (κ1) is 10.4. The van der Waals surface area contributed by atoms with Crippen molar-refractivity contribution in [3.63, 3.8) is 0 Å². The van der Waals surface area contributed by atoms with Gasteiger partial charge in [0.15, 0.2) is 0 Å². The Hall–Kier alpha value is -1.15. The second kappa shape index (κ2) is 4.58. The monoisotopic (exact) mass is 203 g/mol. The fourth-order valence-corrected chi connectivity index (χ4v) is 2.19. The summed E-state index contributed by atoms with van der Waals surface area (Å²) < 4.78 is 0. The van der Waals surface area contributed by atoms with Crippen LogP contribution >= 0.6 is 0 Å². The minimum absolute atomic E-state index is 0.0835. The molecule has 0 aromatic heterocycles. The first-order valence-electron chi connectivity index (χ1n) is 5.65. The van der Waals surface area contributed by atoms with Crippen molar-refractivity contribution in [2.75, 3.05) is 0 Å². The minimum atomic E-state index is 0.0835. The highest BCUT2D eigenvalue weighted by atomic mass is 16.1. The molecule has 0 bridgehead atoms. The number of carbonyl (C=O) groups excluding carboxylic acids is 1. The fourth-order valence-electron chi connectivity index (χ4n) is 2.19. The van der Waals surface area contributed by atoms with Gasteiger partial charge in [0.25, 0.3) is 0 Å². The summed E-state index contributed by atoms with van der Waals surface area (Å²) in [5.41, 5.74) is 1.30. The zero-order chi connectivity index (χ0) is 10.7. The molecule has 0 spiro atoms. The van der Waals surface area contributed by atoms with Gasteiger partial charge >= 0.3 is 0 Å². The van der Waals surface area contributed by atoms with E-state index in [2.05, 4.69) is 17.4 Å². The van der Waals surface area contributed by atoms with Crippen molar-refractivity contribution in [2.24, 2.45) is 0 Å². The van der Waals surface area contributed by atoms with Gasteiger partial charge in [-0.3, -0.25) is 4.79 Å². The Balaban J connectivity index is 2.02. The van der Waals surface area contributed by atoms with Crippen LogP contribution in [0.2, 0.25) is 0 Å². The van der Waals surface area contributed by atoms with Crippen LogP contribution in [-0.4, -0.2) is 11.8 Å². The molecule has 0 amide bonds. The summed E-state index contributed by atoms with van der Waals surface area (Å²) in [7, 11) is 0. The third-order valence-corrected chi connectivity index (χ3v) is 3.09. The van der Waals surface area contributed by atoms with Crippen molar-refractivity contribution in [1.29, 1.82) is 0 Å². The molecule has 2 heteroatoms. The lowest BCUT2D eigenvalue weighted by Crippen LogP contribution is -2.31. The van der Waals surface area contributed by atoms with E-state index in [1.165, 1.54) is 5.56 Å². The van der Waals surface area contributed by atoms with E-state index in [0.717, 1.165) is 12.8 Å². The molecule has 80 valence electrons. The number of Topliss-reactive ketones (excluding diaryl/α,β-unsaturated/α-hetero) is 1. The fraction of sp³-hybridized carbons (Fsp3) is 0.462. The normalized spacial score (nSPS) is 25.4. The van der Waals surface area contributed by atoms with Gasteiger partial charge in [0, 0.05) is 12.5 Å². The van der Waals surface area contributed by atoms with Gasteiger partial charge in [-0.25, -0.2) is 0 Å². The molecule has 0 radical (unpaired) electrons. The van der Waals surface area contributed by atoms with E-state index in [1.54, 1.807) is 0 Å². The predicted molar refractivity (Wildman–Crippen MR) is 60.6 cm³/mol. The van der Waals surface area contributed by atoms with E-state index >= 15 is 0 Å². The van der Waals surface area contributed by atoms with Crippen LogP contribution in [-0.2, 0) is 4.79 Å². The zero-order valence-corrected chi connectivity index (χ0v) is 9.07. The average molecular weight is 203 g/mol. The van der Waals surface area contributed by atoms with Crippen molar-refractivity contribution < 1.29 is 4.79 Å². The third-order valence-electron chi connectivity index (χ3n) is 3.09. The second-order valence-electron chi connectivity index (χ2n) is 4.08. The van der Waals surface area contributed by atoms with Crippen LogP contribution in [0.1, 0.15) is 37.8 Å². The Labute approximate surface area is 90.7 Å². The molecule has 2 unspecified atom stereocenters. The maximum atomic E-state index is 11.5. The number of rotatable bonds is 3. The largest absolute Gasteiger partial charge is 0.301 e. The van der Waals surface area contributed by atoms with Crippen LogP contribution in [0.25, 0.3) is 0 Å². The molecule has 15 heavy (non-hydrogen) atoms. The molecule has 1 aromatic rings. The third kappa shape index (κ3) is 2.26. The van der Waals surface area contributed by atoms with E-state index in [9.17, 15) is 4.79 Å². The van der Waals surface area contributed by atoms with Crippen LogP contribution in [0.4, 0.5) is 0 Å². The lowest BCUT2D eigenvalue weighted by Gasteiger charge is -2.13. The molecule has 2 nitrogen and oxygen atoms in total. The Kier molecular flexibility index (Phi) is 3.17. The van der Waals surface area contributed by atoms with E-state index in [-0.39, 0.29) is 6.04 Å². The molecule has 0 aliphatic carbocycles. The SMILES string of the molecule is CCC(=O)C1CCC(c2ccccc2)N1. The summed E-state index contributed by atoms with van der Waals surface area (Å²) in [5.74, 6) is 0.341. The van der Waals surface area contributed by atoms with E-state index in [4.69, 9.17) is 0 Å². The molecule has 1 N–H and O–H groups in total. The molecule has 1 aliphatic rings. The highest BCUT2D eigenvalue weighted by molar-refractivity contribution is 5.84. The topological polar surface area (TPSA) is 29.1 Å². The first-order valence-corrected chi connectivity index (χ1v) is 5.65. The summed E-state index contributed by atoms with van der Waals surface area (Å²) in [4.78, 5) is 11.5. The van der Waals surface area contributed by atoms with Gasteiger partial charge in [-0.1, -0.05) is 37.3 Å². The molecule has 0 saturated carbocycles. The van der Waals surface area contributed by atoms with Crippen LogP contribution in [0.3, 0.4) is 0 Å². The van der Waals surface area contributed by atoms with Crippen molar-refractivity contribution in [3.05, 3.63) is 35.9 Å². The molecule has 2 atom stereocenters. The summed E-state index contributed by atoms with van der Waals surface area (Å²) in [5, 5.41) is 3.41. The number of benzene rings is 1. The van der Waals surface area contributed by atoms with Crippen LogP contribution in [0.5, 0.6) is 0 Å². The van der Waals surface area contributed by atoms with Crippen molar-refractivity contribution in [3.8, 4) is 0 Å². The number of carbonyl (C=O) groups is 1. The van der Waals surface area contributed by atoms with Gasteiger partial charge in [-0.2, -0.15) is 0 Å². The van der Waals surface area contributed by atoms with Crippen molar-refractivity contribution in [2.45, 2.75) is 38.3 Å². The van der Waals surface area contributed by atoms with Crippen molar-refractivity contribution in [1.82, 2.24) is 5.32 Å².